The van der Waals surface area contributed by atoms with E-state index >= 15 is 0 Å². The Kier molecular flexibility index (Phi) is 6.72. The maximum atomic E-state index is 10.2. The zero-order valence-electron chi connectivity index (χ0n) is 8.08. The summed E-state index contributed by atoms with van der Waals surface area (Å²) < 4.78 is 0. The van der Waals surface area contributed by atoms with Crippen molar-refractivity contribution in [3.8, 4) is 0 Å². The number of rotatable bonds is 7. The normalized spacial score (nSPS) is 12.8. The van der Waals surface area contributed by atoms with Gasteiger partial charge in [-0.05, 0) is 6.42 Å². The second kappa shape index (κ2) is 7.07. The molecule has 0 aliphatic rings. The van der Waals surface area contributed by atoms with Crippen LogP contribution in [0.4, 0.5) is 0 Å². The molecule has 0 N–H and O–H groups in total. The average Bonchev–Trinajstić information content (AvgIpc) is 2.03. The molecule has 0 aromatic heterocycles. The van der Waals surface area contributed by atoms with Gasteiger partial charge in [-0.1, -0.05) is 32.6 Å². The molecule has 0 amide bonds. The number of nitro groups is 1. The van der Waals surface area contributed by atoms with E-state index in [0.717, 1.165) is 19.3 Å². The van der Waals surface area contributed by atoms with Crippen LogP contribution < -0.4 is 0 Å². The van der Waals surface area contributed by atoms with Crippen LogP contribution in [0.2, 0.25) is 0 Å². The minimum absolute atomic E-state index is 0.195. The molecule has 0 aliphatic carbocycles. The number of hydrogen-bond acceptors (Lipinski definition) is 2. The van der Waals surface area contributed by atoms with Gasteiger partial charge in [-0.25, -0.2) is 0 Å². The van der Waals surface area contributed by atoms with Crippen molar-refractivity contribution < 1.29 is 4.92 Å². The lowest BCUT2D eigenvalue weighted by Crippen LogP contribution is -2.14. The van der Waals surface area contributed by atoms with Crippen LogP contribution in [0.25, 0.3) is 0 Å². The topological polar surface area (TPSA) is 43.1 Å². The van der Waals surface area contributed by atoms with E-state index < -0.39 is 0 Å². The molecule has 0 radical (unpaired) electrons. The predicted molar refractivity (Wildman–Crippen MR) is 49.8 cm³/mol. The summed E-state index contributed by atoms with van der Waals surface area (Å²) in [6.45, 7) is 3.85. The van der Waals surface area contributed by atoms with Gasteiger partial charge in [0.15, 0.2) is 0 Å². The molecule has 0 aromatic rings. The molecule has 0 rings (SSSR count). The molecule has 3 nitrogen and oxygen atoms in total. The third-order valence-electron chi connectivity index (χ3n) is 2.09. The van der Waals surface area contributed by atoms with E-state index in [-0.39, 0.29) is 11.0 Å². The van der Waals surface area contributed by atoms with Crippen molar-refractivity contribution in [3.63, 3.8) is 0 Å². The van der Waals surface area contributed by atoms with Gasteiger partial charge in [-0.2, -0.15) is 0 Å². The summed E-state index contributed by atoms with van der Waals surface area (Å²) in [4.78, 5) is 10.0. The highest BCUT2D eigenvalue weighted by atomic mass is 16.6. The second-order valence-corrected chi connectivity index (χ2v) is 3.34. The van der Waals surface area contributed by atoms with Crippen molar-refractivity contribution >= 4 is 0 Å². The van der Waals surface area contributed by atoms with Crippen LogP contribution in [0.5, 0.6) is 0 Å². The first-order valence-electron chi connectivity index (χ1n) is 4.82. The van der Waals surface area contributed by atoms with Crippen LogP contribution >= 0.6 is 0 Å². The molecule has 0 spiro atoms. The van der Waals surface area contributed by atoms with Gasteiger partial charge in [-0.3, -0.25) is 10.1 Å². The lowest BCUT2D eigenvalue weighted by atomic mass is 10.1. The highest BCUT2D eigenvalue weighted by Gasteiger charge is 2.10. The van der Waals surface area contributed by atoms with Crippen LogP contribution in [0.15, 0.2) is 0 Å². The first-order valence-corrected chi connectivity index (χ1v) is 4.82. The van der Waals surface area contributed by atoms with Crippen LogP contribution in [0.3, 0.4) is 0 Å². The molecule has 3 heteroatoms. The fraction of sp³-hybridized carbons (Fsp3) is 1.00. The van der Waals surface area contributed by atoms with Crippen molar-refractivity contribution in [2.45, 2.75) is 58.4 Å². The smallest absolute Gasteiger partial charge is 0.210 e. The van der Waals surface area contributed by atoms with E-state index in [1.807, 2.05) is 0 Å². The second-order valence-electron chi connectivity index (χ2n) is 3.34. The van der Waals surface area contributed by atoms with Gasteiger partial charge in [0, 0.05) is 18.3 Å². The fourth-order valence-electron chi connectivity index (χ4n) is 1.15. The van der Waals surface area contributed by atoms with Gasteiger partial charge in [0.25, 0.3) is 0 Å². The van der Waals surface area contributed by atoms with Crippen LogP contribution in [-0.4, -0.2) is 11.0 Å². The summed E-state index contributed by atoms with van der Waals surface area (Å²) in [6, 6.07) is -0.355. The van der Waals surface area contributed by atoms with Crippen LogP contribution in [0, 0.1) is 10.1 Å². The quantitative estimate of drug-likeness (QED) is 0.337. The van der Waals surface area contributed by atoms with Gasteiger partial charge in [-0.15, -0.1) is 0 Å². The standard InChI is InChI=1S/C9H19NO2/c1-3-4-5-6-7-8-9(2)10(11)12/h9H,3-8H2,1-2H3. The summed E-state index contributed by atoms with van der Waals surface area (Å²) in [5.41, 5.74) is 0. The third kappa shape index (κ3) is 6.13. The molecule has 1 atom stereocenters. The largest absolute Gasteiger partial charge is 0.264 e. The molecule has 1 unspecified atom stereocenters. The highest BCUT2D eigenvalue weighted by Crippen LogP contribution is 2.08. The Morgan fingerprint density at radius 2 is 1.83 bits per heavy atom. The van der Waals surface area contributed by atoms with E-state index in [1.165, 1.54) is 19.3 Å². The van der Waals surface area contributed by atoms with E-state index in [0.29, 0.717) is 0 Å². The minimum atomic E-state index is -0.355. The summed E-state index contributed by atoms with van der Waals surface area (Å²) in [6.07, 6.45) is 6.59. The molecule has 72 valence electrons. The summed E-state index contributed by atoms with van der Waals surface area (Å²) >= 11 is 0. The molecule has 0 saturated heterocycles. The fourth-order valence-corrected chi connectivity index (χ4v) is 1.15. The summed E-state index contributed by atoms with van der Waals surface area (Å²) in [5, 5.41) is 10.2. The molecule has 0 saturated carbocycles. The lowest BCUT2D eigenvalue weighted by Gasteiger charge is -2.02. The molecule has 12 heavy (non-hydrogen) atoms. The highest BCUT2D eigenvalue weighted by molar-refractivity contribution is 4.50. The molecule has 0 fully saturated rings. The van der Waals surface area contributed by atoms with Gasteiger partial charge in [0.1, 0.15) is 0 Å². The maximum absolute atomic E-state index is 10.2. The van der Waals surface area contributed by atoms with Gasteiger partial charge in [0.05, 0.1) is 0 Å². The first-order chi connectivity index (χ1) is 5.68. The van der Waals surface area contributed by atoms with Crippen molar-refractivity contribution in [2.75, 3.05) is 0 Å². The van der Waals surface area contributed by atoms with E-state index in [4.69, 9.17) is 0 Å². The lowest BCUT2D eigenvalue weighted by molar-refractivity contribution is -0.519. The Hall–Kier alpha value is -0.600. The third-order valence-corrected chi connectivity index (χ3v) is 2.09. The van der Waals surface area contributed by atoms with Crippen molar-refractivity contribution in [3.05, 3.63) is 10.1 Å². The molecule has 0 aliphatic heterocycles. The molecular formula is C9H19NO2. The Bertz CT molecular complexity index is 126. The Morgan fingerprint density at radius 3 is 2.33 bits per heavy atom. The van der Waals surface area contributed by atoms with Gasteiger partial charge < -0.3 is 0 Å². The van der Waals surface area contributed by atoms with Gasteiger partial charge >= 0.3 is 0 Å². The molecule has 0 bridgehead atoms. The average molecular weight is 173 g/mol. The van der Waals surface area contributed by atoms with Crippen LogP contribution in [-0.2, 0) is 0 Å². The predicted octanol–water partition coefficient (Wildman–Crippen LogP) is 3.01. The summed E-state index contributed by atoms with van der Waals surface area (Å²) in [7, 11) is 0. The zero-order valence-corrected chi connectivity index (χ0v) is 8.08. The minimum Gasteiger partial charge on any atom is -0.264 e. The SMILES string of the molecule is CCCCCCCC(C)[N+](=O)[O-]. The maximum Gasteiger partial charge on any atom is 0.210 e. The Labute approximate surface area is 74.3 Å². The molecular weight excluding hydrogens is 154 g/mol. The zero-order chi connectivity index (χ0) is 9.40. The Balaban J connectivity index is 3.14. The van der Waals surface area contributed by atoms with Crippen molar-refractivity contribution in [1.82, 2.24) is 0 Å². The monoisotopic (exact) mass is 173 g/mol. The van der Waals surface area contributed by atoms with Crippen molar-refractivity contribution in [2.24, 2.45) is 0 Å². The van der Waals surface area contributed by atoms with E-state index in [2.05, 4.69) is 6.92 Å². The molecule has 0 heterocycles. The van der Waals surface area contributed by atoms with Gasteiger partial charge in [0.2, 0.25) is 6.04 Å². The summed E-state index contributed by atoms with van der Waals surface area (Å²) in [5.74, 6) is 0. The number of nitrogens with zero attached hydrogens (tertiary/aromatic N) is 1. The first kappa shape index (κ1) is 11.4. The molecule has 0 aromatic carbocycles. The number of unbranched alkanes of at least 4 members (excludes halogenated alkanes) is 4. The van der Waals surface area contributed by atoms with Crippen molar-refractivity contribution in [1.29, 1.82) is 0 Å². The van der Waals surface area contributed by atoms with Crippen LogP contribution in [0.1, 0.15) is 52.4 Å². The van der Waals surface area contributed by atoms with E-state index in [1.54, 1.807) is 6.92 Å². The Morgan fingerprint density at radius 1 is 1.25 bits per heavy atom. The van der Waals surface area contributed by atoms with E-state index in [9.17, 15) is 10.1 Å². The number of hydrogen-bond donors (Lipinski definition) is 0.